The van der Waals surface area contributed by atoms with Crippen LogP contribution in [0, 0.1) is 11.8 Å². The van der Waals surface area contributed by atoms with Crippen LogP contribution >= 0.6 is 0 Å². The Bertz CT molecular complexity index is 477. The number of piperidine rings is 1. The summed E-state index contributed by atoms with van der Waals surface area (Å²) < 4.78 is 5.70. The molecule has 1 saturated heterocycles. The smallest absolute Gasteiger partial charge is 0.241 e. The van der Waals surface area contributed by atoms with E-state index in [1.807, 2.05) is 29.2 Å². The Balaban J connectivity index is 1.72. The van der Waals surface area contributed by atoms with Crippen molar-refractivity contribution in [2.24, 2.45) is 11.8 Å². The van der Waals surface area contributed by atoms with Crippen LogP contribution in [0.2, 0.25) is 0 Å². The molecular formula is C19H30N2O2. The molecule has 0 aliphatic carbocycles. The first-order valence-electron chi connectivity index (χ1n) is 8.79. The number of nitrogens with one attached hydrogen (secondary N) is 1. The molecule has 0 radical (unpaired) electrons. The van der Waals surface area contributed by atoms with Crippen LogP contribution in [0.1, 0.15) is 40.0 Å². The number of likely N-dealkylation sites (tertiary alicyclic amines) is 1. The maximum atomic E-state index is 12.2. The number of hydrogen-bond acceptors (Lipinski definition) is 3. The first-order valence-corrected chi connectivity index (χ1v) is 8.79. The maximum Gasteiger partial charge on any atom is 0.241 e. The number of benzene rings is 1. The summed E-state index contributed by atoms with van der Waals surface area (Å²) in [6, 6.07) is 7.85. The lowest BCUT2D eigenvalue weighted by Gasteiger charge is -2.30. The molecular weight excluding hydrogens is 288 g/mol. The standard InChI is InChI=1S/C19H30N2O2/c1-15(2)10-13-23-18-6-4-17(5-7-18)20-14-19(22)21-11-8-16(3)9-12-21/h4-7,15-16,20H,8-14H2,1-3H3. The molecule has 1 aliphatic rings. The molecule has 0 atom stereocenters. The molecule has 4 nitrogen and oxygen atoms in total. The highest BCUT2D eigenvalue weighted by molar-refractivity contribution is 5.81. The zero-order chi connectivity index (χ0) is 16.7. The largest absolute Gasteiger partial charge is 0.494 e. The molecule has 0 saturated carbocycles. The number of carbonyl (C=O) groups excluding carboxylic acids is 1. The van der Waals surface area contributed by atoms with E-state index < -0.39 is 0 Å². The predicted molar refractivity (Wildman–Crippen MR) is 94.9 cm³/mol. The van der Waals surface area contributed by atoms with Gasteiger partial charge in [-0.05, 0) is 55.4 Å². The summed E-state index contributed by atoms with van der Waals surface area (Å²) in [5.74, 6) is 2.47. The Kier molecular flexibility index (Phi) is 6.75. The van der Waals surface area contributed by atoms with Crippen molar-refractivity contribution < 1.29 is 9.53 Å². The lowest BCUT2D eigenvalue weighted by Crippen LogP contribution is -2.40. The fraction of sp³-hybridized carbons (Fsp3) is 0.632. The van der Waals surface area contributed by atoms with Gasteiger partial charge in [0.2, 0.25) is 5.91 Å². The highest BCUT2D eigenvalue weighted by atomic mass is 16.5. The zero-order valence-electron chi connectivity index (χ0n) is 14.7. The van der Waals surface area contributed by atoms with Gasteiger partial charge in [-0.25, -0.2) is 0 Å². The summed E-state index contributed by atoms with van der Waals surface area (Å²) in [4.78, 5) is 14.2. The van der Waals surface area contributed by atoms with Gasteiger partial charge in [0.15, 0.2) is 0 Å². The number of anilines is 1. The number of hydrogen-bond donors (Lipinski definition) is 1. The lowest BCUT2D eigenvalue weighted by atomic mass is 9.99. The van der Waals surface area contributed by atoms with E-state index in [9.17, 15) is 4.79 Å². The maximum absolute atomic E-state index is 12.2. The van der Waals surface area contributed by atoms with E-state index >= 15 is 0 Å². The summed E-state index contributed by atoms with van der Waals surface area (Å²) in [7, 11) is 0. The molecule has 1 fully saturated rings. The van der Waals surface area contributed by atoms with Gasteiger partial charge < -0.3 is 15.0 Å². The van der Waals surface area contributed by atoms with Crippen molar-refractivity contribution in [2.75, 3.05) is 31.6 Å². The van der Waals surface area contributed by atoms with Gasteiger partial charge in [-0.1, -0.05) is 20.8 Å². The van der Waals surface area contributed by atoms with Crippen molar-refractivity contribution in [3.8, 4) is 5.75 Å². The van der Waals surface area contributed by atoms with Crippen molar-refractivity contribution in [3.05, 3.63) is 24.3 Å². The minimum Gasteiger partial charge on any atom is -0.494 e. The summed E-state index contributed by atoms with van der Waals surface area (Å²) in [6.45, 7) is 9.53. The second-order valence-corrected chi connectivity index (χ2v) is 6.97. The first-order chi connectivity index (χ1) is 11.0. The molecule has 1 heterocycles. The quantitative estimate of drug-likeness (QED) is 0.832. The van der Waals surface area contributed by atoms with Gasteiger partial charge in [0.05, 0.1) is 13.2 Å². The van der Waals surface area contributed by atoms with Gasteiger partial charge in [-0.2, -0.15) is 0 Å². The molecule has 2 rings (SSSR count). The topological polar surface area (TPSA) is 41.6 Å². The Morgan fingerprint density at radius 2 is 1.91 bits per heavy atom. The van der Waals surface area contributed by atoms with Crippen LogP contribution in [0.3, 0.4) is 0 Å². The Labute approximate surface area is 140 Å². The molecule has 0 unspecified atom stereocenters. The van der Waals surface area contributed by atoms with E-state index in [0.29, 0.717) is 12.5 Å². The second kappa shape index (κ2) is 8.80. The molecule has 0 aromatic heterocycles. The van der Waals surface area contributed by atoms with Crippen LogP contribution in [0.4, 0.5) is 5.69 Å². The van der Waals surface area contributed by atoms with Gasteiger partial charge in [0.25, 0.3) is 0 Å². The fourth-order valence-electron chi connectivity index (χ4n) is 2.63. The van der Waals surface area contributed by atoms with E-state index in [1.54, 1.807) is 0 Å². The fourth-order valence-corrected chi connectivity index (χ4v) is 2.63. The van der Waals surface area contributed by atoms with Gasteiger partial charge in [0.1, 0.15) is 5.75 Å². The molecule has 1 aliphatic heterocycles. The van der Waals surface area contributed by atoms with Crippen LogP contribution in [0.15, 0.2) is 24.3 Å². The van der Waals surface area contributed by atoms with Gasteiger partial charge >= 0.3 is 0 Å². The molecule has 4 heteroatoms. The predicted octanol–water partition coefficient (Wildman–Crippen LogP) is 3.78. The molecule has 1 N–H and O–H groups in total. The van der Waals surface area contributed by atoms with Crippen molar-refractivity contribution >= 4 is 11.6 Å². The van der Waals surface area contributed by atoms with Crippen molar-refractivity contribution in [1.82, 2.24) is 4.90 Å². The third-order valence-corrected chi connectivity index (χ3v) is 4.40. The van der Waals surface area contributed by atoms with E-state index in [4.69, 9.17) is 4.74 Å². The highest BCUT2D eigenvalue weighted by Gasteiger charge is 2.19. The molecule has 1 aromatic carbocycles. The summed E-state index contributed by atoms with van der Waals surface area (Å²) in [5.41, 5.74) is 0.958. The normalized spacial score (nSPS) is 15.7. The Hall–Kier alpha value is -1.71. The Morgan fingerprint density at radius 1 is 1.26 bits per heavy atom. The van der Waals surface area contributed by atoms with Gasteiger partial charge in [0, 0.05) is 18.8 Å². The average Bonchev–Trinajstić information content (AvgIpc) is 2.54. The SMILES string of the molecule is CC(C)CCOc1ccc(NCC(=O)N2CCC(C)CC2)cc1. The van der Waals surface area contributed by atoms with Crippen LogP contribution in [-0.2, 0) is 4.79 Å². The number of amides is 1. The van der Waals surface area contributed by atoms with E-state index in [2.05, 4.69) is 26.1 Å². The molecule has 0 bridgehead atoms. The summed E-state index contributed by atoms with van der Waals surface area (Å²) >= 11 is 0. The molecule has 1 amide bonds. The van der Waals surface area contributed by atoms with Crippen molar-refractivity contribution in [1.29, 1.82) is 0 Å². The zero-order valence-corrected chi connectivity index (χ0v) is 14.7. The third kappa shape index (κ3) is 6.12. The first kappa shape index (κ1) is 17.6. The lowest BCUT2D eigenvalue weighted by molar-refractivity contribution is -0.130. The molecule has 23 heavy (non-hydrogen) atoms. The van der Waals surface area contributed by atoms with E-state index in [-0.39, 0.29) is 5.91 Å². The van der Waals surface area contributed by atoms with Gasteiger partial charge in [-0.15, -0.1) is 0 Å². The second-order valence-electron chi connectivity index (χ2n) is 6.97. The number of ether oxygens (including phenoxy) is 1. The average molecular weight is 318 g/mol. The minimum absolute atomic E-state index is 0.189. The van der Waals surface area contributed by atoms with Crippen LogP contribution in [0.5, 0.6) is 5.75 Å². The van der Waals surface area contributed by atoms with E-state index in [0.717, 1.165) is 56.3 Å². The Morgan fingerprint density at radius 3 is 2.52 bits per heavy atom. The molecule has 1 aromatic rings. The van der Waals surface area contributed by atoms with Crippen LogP contribution in [-0.4, -0.2) is 37.0 Å². The van der Waals surface area contributed by atoms with Gasteiger partial charge in [-0.3, -0.25) is 4.79 Å². The minimum atomic E-state index is 0.189. The van der Waals surface area contributed by atoms with Crippen LogP contribution < -0.4 is 10.1 Å². The van der Waals surface area contributed by atoms with E-state index in [1.165, 1.54) is 0 Å². The number of rotatable bonds is 7. The molecule has 0 spiro atoms. The van der Waals surface area contributed by atoms with Crippen LogP contribution in [0.25, 0.3) is 0 Å². The highest BCUT2D eigenvalue weighted by Crippen LogP contribution is 2.18. The number of carbonyl (C=O) groups is 1. The van der Waals surface area contributed by atoms with Crippen molar-refractivity contribution in [2.45, 2.75) is 40.0 Å². The monoisotopic (exact) mass is 318 g/mol. The third-order valence-electron chi connectivity index (χ3n) is 4.40. The van der Waals surface area contributed by atoms with Crippen molar-refractivity contribution in [3.63, 3.8) is 0 Å². The number of nitrogens with zero attached hydrogens (tertiary/aromatic N) is 1. The molecule has 128 valence electrons. The summed E-state index contributed by atoms with van der Waals surface area (Å²) in [5, 5.41) is 3.21. The summed E-state index contributed by atoms with van der Waals surface area (Å²) in [6.07, 6.45) is 3.30.